The molecule has 0 saturated carbocycles. The lowest BCUT2D eigenvalue weighted by Crippen LogP contribution is -2.14. The molecule has 3 aromatic rings. The van der Waals surface area contributed by atoms with E-state index in [9.17, 15) is 4.79 Å². The lowest BCUT2D eigenvalue weighted by molar-refractivity contribution is 0.101. The molecule has 0 fully saturated rings. The largest absolute Gasteiger partial charge is 0.490 e. The Hall–Kier alpha value is -2.87. The van der Waals surface area contributed by atoms with Crippen LogP contribution < -0.4 is 14.8 Å². The van der Waals surface area contributed by atoms with E-state index < -0.39 is 5.91 Å². The van der Waals surface area contributed by atoms with Crippen LogP contribution in [-0.4, -0.2) is 38.7 Å². The number of nitrogens with one attached hydrogen (secondary N) is 1. The predicted octanol–water partition coefficient (Wildman–Crippen LogP) is 2.81. The molecule has 134 valence electrons. The van der Waals surface area contributed by atoms with Crippen LogP contribution in [0.25, 0.3) is 5.78 Å². The van der Waals surface area contributed by atoms with E-state index in [-0.39, 0.29) is 5.82 Å². The van der Waals surface area contributed by atoms with E-state index in [4.69, 9.17) is 21.1 Å². The topological polar surface area (TPSA) is 90.6 Å². The molecule has 8 nitrogen and oxygen atoms in total. The first-order valence-corrected chi connectivity index (χ1v) is 8.50. The van der Waals surface area contributed by atoms with Crippen LogP contribution in [0.15, 0.2) is 18.2 Å². The molecule has 0 spiro atoms. The molecule has 0 bridgehead atoms. The summed E-state index contributed by atoms with van der Waals surface area (Å²) in [6.45, 7) is 4.84. The van der Waals surface area contributed by atoms with E-state index in [2.05, 4.69) is 20.4 Å². The number of hydrogen-bond donors (Lipinski definition) is 1. The van der Waals surface area contributed by atoms with Crippen molar-refractivity contribution in [3.63, 3.8) is 0 Å². The van der Waals surface area contributed by atoms with Crippen molar-refractivity contribution in [3.8, 4) is 11.5 Å². The number of nitrogens with zero attached hydrogens (tertiary/aromatic N) is 4. The van der Waals surface area contributed by atoms with Gasteiger partial charge in [-0.3, -0.25) is 4.79 Å². The number of halogens is 1. The fourth-order valence-electron chi connectivity index (χ4n) is 2.72. The van der Waals surface area contributed by atoms with Crippen molar-refractivity contribution in [2.45, 2.75) is 20.3 Å². The van der Waals surface area contributed by atoms with Gasteiger partial charge in [0.15, 0.2) is 11.5 Å². The number of benzene rings is 1. The third-order valence-electron chi connectivity index (χ3n) is 3.91. The highest BCUT2D eigenvalue weighted by atomic mass is 35.5. The number of carbonyl (C=O) groups excluding carboxylic acids is 1. The third-order valence-corrected chi connectivity index (χ3v) is 4.22. The Kier molecular flexibility index (Phi) is 4.12. The monoisotopic (exact) mass is 373 g/mol. The Morgan fingerprint density at radius 3 is 2.65 bits per heavy atom. The zero-order chi connectivity index (χ0) is 18.3. The number of fused-ring (bicyclic) bond motifs is 2. The molecular formula is C17H16ClN5O3. The summed E-state index contributed by atoms with van der Waals surface area (Å²) in [6.07, 6.45) is 0.783. The fraction of sp³-hybridized carbons (Fsp3) is 0.294. The van der Waals surface area contributed by atoms with Crippen molar-refractivity contribution in [3.05, 3.63) is 40.4 Å². The first-order valence-electron chi connectivity index (χ1n) is 8.13. The van der Waals surface area contributed by atoms with E-state index in [0.29, 0.717) is 41.2 Å². The second-order valence-electron chi connectivity index (χ2n) is 5.97. The molecule has 0 unspecified atom stereocenters. The smallest absolute Gasteiger partial charge is 0.295 e. The number of aryl methyl sites for hydroxylation is 2. The average Bonchev–Trinajstić information content (AvgIpc) is 2.89. The second-order valence-corrected chi connectivity index (χ2v) is 6.38. The summed E-state index contributed by atoms with van der Waals surface area (Å²) < 4.78 is 12.7. The zero-order valence-corrected chi connectivity index (χ0v) is 15.0. The third kappa shape index (κ3) is 3.03. The highest BCUT2D eigenvalue weighted by Gasteiger charge is 2.19. The van der Waals surface area contributed by atoms with Gasteiger partial charge in [-0.25, -0.2) is 9.50 Å². The van der Waals surface area contributed by atoms with Gasteiger partial charge in [0.05, 0.1) is 23.9 Å². The number of amides is 1. The number of anilines is 1. The highest BCUT2D eigenvalue weighted by Crippen LogP contribution is 2.37. The van der Waals surface area contributed by atoms with Gasteiger partial charge in [0.2, 0.25) is 5.82 Å². The summed E-state index contributed by atoms with van der Waals surface area (Å²) in [6, 6.07) is 5.14. The first kappa shape index (κ1) is 16.6. The SMILES string of the molecule is Cc1cc(C)n2nc(C(=O)Nc3cc4c(cc3Cl)OCCCO4)nc2n1. The van der Waals surface area contributed by atoms with Crippen LogP contribution in [0.5, 0.6) is 11.5 Å². The predicted molar refractivity (Wildman–Crippen MR) is 95.3 cm³/mol. The fourth-order valence-corrected chi connectivity index (χ4v) is 2.92. The normalized spacial score (nSPS) is 13.5. The molecule has 4 rings (SSSR count). The average molecular weight is 374 g/mol. The van der Waals surface area contributed by atoms with Crippen LogP contribution in [0.4, 0.5) is 5.69 Å². The quantitative estimate of drug-likeness (QED) is 0.742. The van der Waals surface area contributed by atoms with Gasteiger partial charge in [-0.05, 0) is 19.9 Å². The molecule has 3 heterocycles. The van der Waals surface area contributed by atoms with Gasteiger partial charge >= 0.3 is 0 Å². The summed E-state index contributed by atoms with van der Waals surface area (Å²) in [5.41, 5.74) is 2.05. The maximum Gasteiger partial charge on any atom is 0.295 e. The van der Waals surface area contributed by atoms with Gasteiger partial charge in [-0.1, -0.05) is 11.6 Å². The Labute approximate surface area is 154 Å². The Bertz CT molecular complexity index is 1020. The van der Waals surface area contributed by atoms with Crippen molar-refractivity contribution in [2.24, 2.45) is 0 Å². The molecule has 0 radical (unpaired) electrons. The van der Waals surface area contributed by atoms with Crippen molar-refractivity contribution in [1.82, 2.24) is 19.6 Å². The minimum atomic E-state index is -0.482. The van der Waals surface area contributed by atoms with Crippen LogP contribution in [0, 0.1) is 13.8 Å². The van der Waals surface area contributed by atoms with E-state index >= 15 is 0 Å². The van der Waals surface area contributed by atoms with Gasteiger partial charge in [0.1, 0.15) is 0 Å². The van der Waals surface area contributed by atoms with Crippen molar-refractivity contribution in [1.29, 1.82) is 0 Å². The van der Waals surface area contributed by atoms with Crippen LogP contribution in [0.2, 0.25) is 5.02 Å². The molecule has 2 aromatic heterocycles. The Morgan fingerprint density at radius 1 is 1.15 bits per heavy atom. The van der Waals surface area contributed by atoms with Gasteiger partial charge in [0, 0.05) is 29.9 Å². The molecule has 1 amide bonds. The number of carbonyl (C=O) groups is 1. The summed E-state index contributed by atoms with van der Waals surface area (Å²) in [7, 11) is 0. The molecule has 0 aliphatic carbocycles. The minimum Gasteiger partial charge on any atom is -0.490 e. The number of hydrogen-bond acceptors (Lipinski definition) is 6. The molecule has 26 heavy (non-hydrogen) atoms. The summed E-state index contributed by atoms with van der Waals surface area (Å²) in [4.78, 5) is 21.0. The van der Waals surface area contributed by atoms with Crippen molar-refractivity contribution < 1.29 is 14.3 Å². The maximum absolute atomic E-state index is 12.6. The molecule has 1 aromatic carbocycles. The van der Waals surface area contributed by atoms with E-state index in [1.165, 1.54) is 4.52 Å². The highest BCUT2D eigenvalue weighted by molar-refractivity contribution is 6.34. The zero-order valence-electron chi connectivity index (χ0n) is 14.2. The summed E-state index contributed by atoms with van der Waals surface area (Å²) >= 11 is 6.26. The molecule has 1 N–H and O–H groups in total. The minimum absolute atomic E-state index is 0.00868. The van der Waals surface area contributed by atoms with Crippen LogP contribution in [0.3, 0.4) is 0 Å². The van der Waals surface area contributed by atoms with Gasteiger partial charge in [-0.15, -0.1) is 5.10 Å². The number of ether oxygens (including phenoxy) is 2. The Balaban J connectivity index is 1.64. The van der Waals surface area contributed by atoms with Crippen molar-refractivity contribution in [2.75, 3.05) is 18.5 Å². The van der Waals surface area contributed by atoms with Gasteiger partial charge < -0.3 is 14.8 Å². The lowest BCUT2D eigenvalue weighted by Gasteiger charge is -2.11. The Morgan fingerprint density at radius 2 is 1.88 bits per heavy atom. The number of rotatable bonds is 2. The first-order chi connectivity index (χ1) is 12.5. The van der Waals surface area contributed by atoms with Crippen LogP contribution in [0.1, 0.15) is 28.4 Å². The van der Waals surface area contributed by atoms with Gasteiger partial charge in [0.25, 0.3) is 11.7 Å². The second kappa shape index (κ2) is 6.45. The molecule has 0 saturated heterocycles. The summed E-state index contributed by atoms with van der Waals surface area (Å²) in [5, 5.41) is 7.28. The molecule has 1 aliphatic heterocycles. The van der Waals surface area contributed by atoms with Crippen molar-refractivity contribution >= 4 is 29.0 Å². The van der Waals surface area contributed by atoms with E-state index in [0.717, 1.165) is 17.8 Å². The van der Waals surface area contributed by atoms with Crippen LogP contribution >= 0.6 is 11.6 Å². The van der Waals surface area contributed by atoms with Crippen LogP contribution in [-0.2, 0) is 0 Å². The van der Waals surface area contributed by atoms with Gasteiger partial charge in [-0.2, -0.15) is 4.98 Å². The number of aromatic nitrogens is 4. The van der Waals surface area contributed by atoms with E-state index in [1.54, 1.807) is 12.1 Å². The standard InChI is InChI=1S/C17H16ClN5O3/c1-9-6-10(2)23-17(19-9)21-15(22-23)16(24)20-12-8-14-13(7-11(12)18)25-4-3-5-26-14/h6-8H,3-5H2,1-2H3,(H,20,24). The van der Waals surface area contributed by atoms with E-state index in [1.807, 2.05) is 19.9 Å². The molecule has 9 heteroatoms. The molecule has 0 atom stereocenters. The summed E-state index contributed by atoms with van der Waals surface area (Å²) in [5.74, 6) is 1.00. The molecular weight excluding hydrogens is 358 g/mol. The maximum atomic E-state index is 12.6. The molecule has 1 aliphatic rings. The lowest BCUT2D eigenvalue weighted by atomic mass is 10.2.